The molecular weight excluding hydrogens is 523 g/mol. The van der Waals surface area contributed by atoms with Crippen LogP contribution in [0.2, 0.25) is 0 Å². The van der Waals surface area contributed by atoms with E-state index in [0.29, 0.717) is 0 Å². The van der Waals surface area contributed by atoms with E-state index < -0.39 is 0 Å². The SMILES string of the molecule is CCN1/C(=C/C=C2\CCCC(/C=C/c3sc4ccc(OC)cc4[n+]3CC)=C2N(C)C)Sc2ccc(OC)cc21. The largest absolute Gasteiger partial charge is 0.497 e. The van der Waals surface area contributed by atoms with Crippen LogP contribution in [-0.4, -0.2) is 39.8 Å². The molecule has 39 heavy (non-hydrogen) atoms. The highest BCUT2D eigenvalue weighted by Crippen LogP contribution is 2.47. The van der Waals surface area contributed by atoms with Gasteiger partial charge in [0.2, 0.25) is 5.52 Å². The van der Waals surface area contributed by atoms with Gasteiger partial charge in [-0.15, -0.1) is 0 Å². The number of allylic oxidation sites excluding steroid dienone is 5. The number of hydrogen-bond acceptors (Lipinski definition) is 6. The average Bonchev–Trinajstić information content (AvgIpc) is 3.50. The van der Waals surface area contributed by atoms with Gasteiger partial charge in [0.15, 0.2) is 0 Å². The number of nitrogens with zero attached hydrogens (tertiary/aromatic N) is 3. The lowest BCUT2D eigenvalue weighted by atomic mass is 9.90. The Morgan fingerprint density at radius 3 is 2.46 bits per heavy atom. The summed E-state index contributed by atoms with van der Waals surface area (Å²) in [6, 6.07) is 12.7. The van der Waals surface area contributed by atoms with Gasteiger partial charge >= 0.3 is 0 Å². The molecule has 7 heteroatoms. The van der Waals surface area contributed by atoms with E-state index in [2.05, 4.69) is 90.9 Å². The van der Waals surface area contributed by atoms with Crippen molar-refractivity contribution < 1.29 is 14.0 Å². The van der Waals surface area contributed by atoms with E-state index in [-0.39, 0.29) is 0 Å². The summed E-state index contributed by atoms with van der Waals surface area (Å²) in [4.78, 5) is 5.94. The lowest BCUT2D eigenvalue weighted by Crippen LogP contribution is -2.33. The highest BCUT2D eigenvalue weighted by Gasteiger charge is 2.25. The lowest BCUT2D eigenvalue weighted by molar-refractivity contribution is -0.665. The van der Waals surface area contributed by atoms with Gasteiger partial charge < -0.3 is 19.3 Å². The summed E-state index contributed by atoms with van der Waals surface area (Å²) in [7, 11) is 7.78. The average molecular weight is 561 g/mol. The molecule has 2 heterocycles. The van der Waals surface area contributed by atoms with Crippen LogP contribution < -0.4 is 18.9 Å². The number of fused-ring (bicyclic) bond motifs is 2. The van der Waals surface area contributed by atoms with E-state index in [1.54, 1.807) is 14.2 Å². The van der Waals surface area contributed by atoms with Crippen molar-refractivity contribution in [3.63, 3.8) is 0 Å². The van der Waals surface area contributed by atoms with Gasteiger partial charge in [-0.2, -0.15) is 4.57 Å². The minimum atomic E-state index is 0.899. The van der Waals surface area contributed by atoms with Crippen LogP contribution >= 0.6 is 23.1 Å². The number of likely N-dealkylation sites (N-methyl/N-ethyl adjacent to an activating group) is 1. The zero-order valence-electron chi connectivity index (χ0n) is 23.8. The first-order valence-corrected chi connectivity index (χ1v) is 15.2. The third kappa shape index (κ3) is 5.48. The highest BCUT2D eigenvalue weighted by atomic mass is 32.2. The summed E-state index contributed by atoms with van der Waals surface area (Å²) >= 11 is 3.67. The van der Waals surface area contributed by atoms with Crippen LogP contribution in [0.4, 0.5) is 5.69 Å². The molecule has 1 aliphatic carbocycles. The van der Waals surface area contributed by atoms with E-state index in [0.717, 1.165) is 43.9 Å². The second-order valence-corrected chi connectivity index (χ2v) is 12.0. The fraction of sp³-hybridized carbons (Fsp3) is 0.344. The molecule has 5 rings (SSSR count). The van der Waals surface area contributed by atoms with Crippen LogP contribution in [-0.2, 0) is 6.54 Å². The maximum Gasteiger partial charge on any atom is 0.262 e. The first kappa shape index (κ1) is 27.4. The Balaban J connectivity index is 1.48. The number of methoxy groups -OCH3 is 2. The minimum Gasteiger partial charge on any atom is -0.497 e. The van der Waals surface area contributed by atoms with Gasteiger partial charge in [0.25, 0.3) is 5.01 Å². The van der Waals surface area contributed by atoms with Gasteiger partial charge in [0.05, 0.1) is 31.0 Å². The number of aryl methyl sites for hydroxylation is 1. The van der Waals surface area contributed by atoms with Crippen LogP contribution in [0, 0.1) is 0 Å². The first-order chi connectivity index (χ1) is 19.0. The summed E-state index contributed by atoms with van der Waals surface area (Å²) in [5, 5.41) is 2.53. The molecule has 0 saturated heterocycles. The van der Waals surface area contributed by atoms with Gasteiger partial charge in [0, 0.05) is 43.4 Å². The van der Waals surface area contributed by atoms with Crippen molar-refractivity contribution in [1.82, 2.24) is 4.90 Å². The number of hydrogen-bond donors (Lipinski definition) is 0. The molecule has 0 radical (unpaired) electrons. The highest BCUT2D eigenvalue weighted by molar-refractivity contribution is 8.03. The zero-order valence-corrected chi connectivity index (χ0v) is 25.4. The number of anilines is 1. The molecule has 0 unspecified atom stereocenters. The van der Waals surface area contributed by atoms with E-state index in [9.17, 15) is 0 Å². The number of aromatic nitrogens is 1. The molecular formula is C32H38N3O2S2+. The molecule has 0 saturated carbocycles. The normalized spacial score (nSPS) is 17.6. The fourth-order valence-corrected chi connectivity index (χ4v) is 7.69. The van der Waals surface area contributed by atoms with E-state index in [1.165, 1.54) is 47.7 Å². The maximum absolute atomic E-state index is 5.48. The van der Waals surface area contributed by atoms with Crippen molar-refractivity contribution in [2.24, 2.45) is 0 Å². The summed E-state index contributed by atoms with van der Waals surface area (Å²) in [5.41, 5.74) is 6.59. The molecule has 3 aromatic rings. The van der Waals surface area contributed by atoms with Crippen LogP contribution in [0.1, 0.15) is 38.1 Å². The van der Waals surface area contributed by atoms with Crippen molar-refractivity contribution in [2.45, 2.75) is 44.6 Å². The van der Waals surface area contributed by atoms with E-state index in [4.69, 9.17) is 9.47 Å². The minimum absolute atomic E-state index is 0.899. The predicted molar refractivity (Wildman–Crippen MR) is 166 cm³/mol. The quantitative estimate of drug-likeness (QED) is 0.264. The number of benzene rings is 2. The Hall–Kier alpha value is -3.16. The summed E-state index contributed by atoms with van der Waals surface area (Å²) in [6.07, 6.45) is 12.6. The van der Waals surface area contributed by atoms with Crippen molar-refractivity contribution in [1.29, 1.82) is 0 Å². The monoisotopic (exact) mass is 560 g/mol. The molecule has 204 valence electrons. The van der Waals surface area contributed by atoms with Gasteiger partial charge in [-0.1, -0.05) is 29.2 Å². The smallest absolute Gasteiger partial charge is 0.262 e. The Morgan fingerprint density at radius 1 is 0.974 bits per heavy atom. The lowest BCUT2D eigenvalue weighted by Gasteiger charge is -2.27. The van der Waals surface area contributed by atoms with Gasteiger partial charge in [-0.25, -0.2) is 0 Å². The number of thioether (sulfide) groups is 1. The van der Waals surface area contributed by atoms with Gasteiger partial charge in [-0.05, 0) is 80.7 Å². The molecule has 0 bridgehead atoms. The zero-order chi connectivity index (χ0) is 27.5. The molecule has 2 aliphatic rings. The molecule has 0 amide bonds. The van der Waals surface area contributed by atoms with Crippen LogP contribution in [0.5, 0.6) is 11.5 Å². The van der Waals surface area contributed by atoms with Crippen molar-refractivity contribution in [3.05, 3.63) is 81.5 Å². The topological polar surface area (TPSA) is 28.8 Å². The third-order valence-electron chi connectivity index (χ3n) is 7.31. The Morgan fingerprint density at radius 2 is 1.74 bits per heavy atom. The van der Waals surface area contributed by atoms with Crippen LogP contribution in [0.15, 0.2) is 81.4 Å². The first-order valence-electron chi connectivity index (χ1n) is 13.6. The molecule has 1 aliphatic heterocycles. The molecule has 2 aromatic carbocycles. The van der Waals surface area contributed by atoms with Crippen molar-refractivity contribution in [2.75, 3.05) is 39.8 Å². The van der Waals surface area contributed by atoms with Crippen LogP contribution in [0.3, 0.4) is 0 Å². The third-order valence-corrected chi connectivity index (χ3v) is 9.57. The molecule has 1 aromatic heterocycles. The standard InChI is InChI=1S/C32H38N3O2S2/c1-7-34-26-20-24(36-5)14-16-28(26)38-30(34)18-12-22-10-9-11-23(32(22)33(3)4)13-19-31-35(8-2)27-21-25(37-6)15-17-29(27)39-31/h12-21H,7-11H2,1-6H3/q+1. The van der Waals surface area contributed by atoms with Crippen LogP contribution in [0.25, 0.3) is 16.3 Å². The maximum atomic E-state index is 5.48. The molecule has 0 fully saturated rings. The summed E-state index contributed by atoms with van der Waals surface area (Å²) in [6.45, 7) is 6.25. The second kappa shape index (κ2) is 11.9. The Bertz CT molecular complexity index is 1500. The van der Waals surface area contributed by atoms with Crippen molar-refractivity contribution in [3.8, 4) is 11.5 Å². The van der Waals surface area contributed by atoms with E-state index in [1.807, 2.05) is 35.2 Å². The predicted octanol–water partition coefficient (Wildman–Crippen LogP) is 7.64. The number of rotatable bonds is 8. The number of ether oxygens (including phenoxy) is 2. The van der Waals surface area contributed by atoms with E-state index >= 15 is 0 Å². The Labute approximate surface area is 240 Å². The second-order valence-electron chi connectivity index (χ2n) is 9.85. The Kier molecular flexibility index (Phi) is 8.38. The molecule has 0 atom stereocenters. The fourth-order valence-electron chi connectivity index (χ4n) is 5.47. The van der Waals surface area contributed by atoms with Gasteiger partial charge in [-0.3, -0.25) is 0 Å². The number of thiazole rings is 1. The molecule has 5 nitrogen and oxygen atoms in total. The summed E-state index contributed by atoms with van der Waals surface area (Å²) < 4.78 is 14.6. The van der Waals surface area contributed by atoms with Crippen molar-refractivity contribution >= 4 is 45.1 Å². The molecule has 0 spiro atoms. The summed E-state index contributed by atoms with van der Waals surface area (Å²) in [5.74, 6) is 1.80. The molecule has 0 N–H and O–H groups in total. The van der Waals surface area contributed by atoms with Gasteiger partial charge in [0.1, 0.15) is 22.7 Å².